The van der Waals surface area contributed by atoms with Gasteiger partial charge >= 0.3 is 5.97 Å². The van der Waals surface area contributed by atoms with Crippen molar-refractivity contribution in [3.8, 4) is 0 Å². The third kappa shape index (κ3) is 4.92. The minimum absolute atomic E-state index is 0.151. The largest absolute Gasteiger partial charge is 0.451 e. The molecule has 0 fully saturated rings. The van der Waals surface area contributed by atoms with Crippen molar-refractivity contribution in [2.45, 2.75) is 26.3 Å². The molecule has 0 unspecified atom stereocenters. The van der Waals surface area contributed by atoms with E-state index in [2.05, 4.69) is 17.2 Å². The quantitative estimate of drug-likeness (QED) is 0.833. The number of benzene rings is 1. The first-order chi connectivity index (χ1) is 11.1. The molecule has 23 heavy (non-hydrogen) atoms. The van der Waals surface area contributed by atoms with Crippen LogP contribution < -0.4 is 5.32 Å². The van der Waals surface area contributed by atoms with Crippen molar-refractivity contribution in [2.75, 3.05) is 6.61 Å². The summed E-state index contributed by atoms with van der Waals surface area (Å²) in [6.45, 7) is 3.66. The SMILES string of the molecule is CCc1ccc([C@H](C)NC(=O)COC(=O)c2ccccn2)cc1. The van der Waals surface area contributed by atoms with Gasteiger partial charge in [0, 0.05) is 6.20 Å². The third-order valence-electron chi connectivity index (χ3n) is 3.47. The van der Waals surface area contributed by atoms with Gasteiger partial charge in [0.1, 0.15) is 5.69 Å². The van der Waals surface area contributed by atoms with Gasteiger partial charge in [-0.25, -0.2) is 9.78 Å². The Balaban J connectivity index is 1.83. The van der Waals surface area contributed by atoms with Crippen LogP contribution in [0.5, 0.6) is 0 Å². The first-order valence-corrected chi connectivity index (χ1v) is 7.56. The predicted octanol–water partition coefficient (Wildman–Crippen LogP) is 2.68. The number of nitrogens with zero attached hydrogens (tertiary/aromatic N) is 1. The van der Waals surface area contributed by atoms with Gasteiger partial charge in [-0.15, -0.1) is 0 Å². The molecule has 0 saturated heterocycles. The van der Waals surface area contributed by atoms with Crippen molar-refractivity contribution in [3.63, 3.8) is 0 Å². The van der Waals surface area contributed by atoms with Gasteiger partial charge in [0.2, 0.25) is 0 Å². The number of pyridine rings is 1. The minimum Gasteiger partial charge on any atom is -0.451 e. The highest BCUT2D eigenvalue weighted by Gasteiger charge is 2.13. The molecule has 0 bridgehead atoms. The molecular formula is C18H20N2O3. The van der Waals surface area contributed by atoms with E-state index < -0.39 is 5.97 Å². The van der Waals surface area contributed by atoms with Crippen LogP contribution in [0.15, 0.2) is 48.7 Å². The van der Waals surface area contributed by atoms with E-state index >= 15 is 0 Å². The lowest BCUT2D eigenvalue weighted by atomic mass is 10.1. The first kappa shape index (κ1) is 16.7. The molecule has 1 amide bonds. The Labute approximate surface area is 135 Å². The second kappa shape index (κ2) is 8.08. The van der Waals surface area contributed by atoms with Crippen molar-refractivity contribution in [1.82, 2.24) is 10.3 Å². The van der Waals surface area contributed by atoms with Crippen molar-refractivity contribution in [3.05, 3.63) is 65.5 Å². The molecule has 1 atom stereocenters. The standard InChI is InChI=1S/C18H20N2O3/c1-3-14-7-9-15(10-8-14)13(2)20-17(21)12-23-18(22)16-6-4-5-11-19-16/h4-11,13H,3,12H2,1-2H3,(H,20,21)/t13-/m0/s1. The number of esters is 1. The first-order valence-electron chi connectivity index (χ1n) is 7.56. The van der Waals surface area contributed by atoms with Gasteiger partial charge in [-0.3, -0.25) is 4.79 Å². The summed E-state index contributed by atoms with van der Waals surface area (Å²) in [5, 5.41) is 2.80. The summed E-state index contributed by atoms with van der Waals surface area (Å²) in [4.78, 5) is 27.5. The zero-order valence-corrected chi connectivity index (χ0v) is 13.3. The van der Waals surface area contributed by atoms with E-state index in [-0.39, 0.29) is 24.2 Å². The molecule has 1 aromatic heterocycles. The molecule has 0 aliphatic rings. The lowest BCUT2D eigenvalue weighted by Gasteiger charge is -2.14. The molecule has 2 aromatic rings. The van der Waals surface area contributed by atoms with E-state index in [1.165, 1.54) is 17.8 Å². The van der Waals surface area contributed by atoms with Gasteiger partial charge in [0.15, 0.2) is 6.61 Å². The van der Waals surface area contributed by atoms with Crippen molar-refractivity contribution < 1.29 is 14.3 Å². The summed E-state index contributed by atoms with van der Waals surface area (Å²) in [7, 11) is 0. The van der Waals surface area contributed by atoms with Gasteiger partial charge in [-0.2, -0.15) is 0 Å². The number of amides is 1. The molecule has 1 N–H and O–H groups in total. The molecule has 0 aliphatic carbocycles. The molecule has 1 aromatic carbocycles. The van der Waals surface area contributed by atoms with Crippen LogP contribution in [-0.4, -0.2) is 23.5 Å². The minimum atomic E-state index is -0.610. The number of hydrogen-bond donors (Lipinski definition) is 1. The average molecular weight is 312 g/mol. The smallest absolute Gasteiger partial charge is 0.357 e. The maximum absolute atomic E-state index is 11.9. The van der Waals surface area contributed by atoms with Crippen molar-refractivity contribution >= 4 is 11.9 Å². The molecule has 0 radical (unpaired) electrons. The van der Waals surface area contributed by atoms with Crippen LogP contribution in [0.2, 0.25) is 0 Å². The van der Waals surface area contributed by atoms with Crippen LogP contribution >= 0.6 is 0 Å². The van der Waals surface area contributed by atoms with E-state index in [1.54, 1.807) is 12.1 Å². The molecule has 0 aliphatic heterocycles. The highest BCUT2D eigenvalue weighted by molar-refractivity contribution is 5.89. The molecular weight excluding hydrogens is 292 g/mol. The Kier molecular flexibility index (Phi) is 5.86. The van der Waals surface area contributed by atoms with Gasteiger partial charge in [-0.05, 0) is 36.6 Å². The van der Waals surface area contributed by atoms with Crippen LogP contribution in [0.3, 0.4) is 0 Å². The lowest BCUT2D eigenvalue weighted by Crippen LogP contribution is -2.31. The predicted molar refractivity (Wildman–Crippen MR) is 86.9 cm³/mol. The fraction of sp³-hybridized carbons (Fsp3) is 0.278. The molecule has 5 nitrogen and oxygen atoms in total. The second-order valence-corrected chi connectivity index (χ2v) is 5.18. The summed E-state index contributed by atoms with van der Waals surface area (Å²) in [5.74, 6) is -0.956. The van der Waals surface area contributed by atoms with Crippen molar-refractivity contribution in [2.24, 2.45) is 0 Å². The van der Waals surface area contributed by atoms with Crippen molar-refractivity contribution in [1.29, 1.82) is 0 Å². The summed E-state index contributed by atoms with van der Waals surface area (Å²) < 4.78 is 4.95. The van der Waals surface area contributed by atoms with Crippen LogP contribution in [0.4, 0.5) is 0 Å². The maximum atomic E-state index is 11.9. The van der Waals surface area contributed by atoms with E-state index in [9.17, 15) is 9.59 Å². The number of aromatic nitrogens is 1. The molecule has 2 rings (SSSR count). The third-order valence-corrected chi connectivity index (χ3v) is 3.47. The van der Waals surface area contributed by atoms with Gasteiger partial charge in [0.05, 0.1) is 6.04 Å². The Bertz CT molecular complexity index is 654. The van der Waals surface area contributed by atoms with Gasteiger partial charge in [-0.1, -0.05) is 37.3 Å². The summed E-state index contributed by atoms with van der Waals surface area (Å²) in [6, 6.07) is 12.8. The van der Waals surface area contributed by atoms with E-state index in [1.807, 2.05) is 31.2 Å². The van der Waals surface area contributed by atoms with E-state index in [0.29, 0.717) is 0 Å². The zero-order valence-electron chi connectivity index (χ0n) is 13.3. The number of rotatable bonds is 6. The topological polar surface area (TPSA) is 68.3 Å². The molecule has 0 spiro atoms. The lowest BCUT2D eigenvalue weighted by molar-refractivity contribution is -0.124. The number of ether oxygens (including phenoxy) is 1. The summed E-state index contributed by atoms with van der Waals surface area (Å²) >= 11 is 0. The van der Waals surface area contributed by atoms with Gasteiger partial charge < -0.3 is 10.1 Å². The zero-order chi connectivity index (χ0) is 16.7. The number of hydrogen-bond acceptors (Lipinski definition) is 4. The highest BCUT2D eigenvalue weighted by Crippen LogP contribution is 2.13. The normalized spacial score (nSPS) is 11.6. The van der Waals surface area contributed by atoms with Gasteiger partial charge in [0.25, 0.3) is 5.91 Å². The molecule has 0 saturated carbocycles. The number of carbonyl (C=O) groups excluding carboxylic acids is 2. The average Bonchev–Trinajstić information content (AvgIpc) is 2.60. The van der Waals surface area contributed by atoms with Crippen LogP contribution in [-0.2, 0) is 16.0 Å². The highest BCUT2D eigenvalue weighted by atomic mass is 16.5. The van der Waals surface area contributed by atoms with Crippen LogP contribution in [0.1, 0.15) is 41.5 Å². The van der Waals surface area contributed by atoms with E-state index in [4.69, 9.17) is 4.74 Å². The maximum Gasteiger partial charge on any atom is 0.357 e. The van der Waals surface area contributed by atoms with E-state index in [0.717, 1.165) is 12.0 Å². The summed E-state index contributed by atoms with van der Waals surface area (Å²) in [6.07, 6.45) is 2.48. The Morgan fingerprint density at radius 3 is 2.52 bits per heavy atom. The number of aryl methyl sites for hydroxylation is 1. The Morgan fingerprint density at radius 2 is 1.91 bits per heavy atom. The molecule has 5 heteroatoms. The fourth-order valence-electron chi connectivity index (χ4n) is 2.10. The fourth-order valence-corrected chi connectivity index (χ4v) is 2.10. The number of nitrogens with one attached hydrogen (secondary N) is 1. The number of carbonyl (C=O) groups is 2. The second-order valence-electron chi connectivity index (χ2n) is 5.18. The van der Waals surface area contributed by atoms with Crippen LogP contribution in [0, 0.1) is 0 Å². The Hall–Kier alpha value is -2.69. The molecule has 1 heterocycles. The van der Waals surface area contributed by atoms with Crippen LogP contribution in [0.25, 0.3) is 0 Å². The monoisotopic (exact) mass is 312 g/mol. The Morgan fingerprint density at radius 1 is 1.17 bits per heavy atom. The summed E-state index contributed by atoms with van der Waals surface area (Å²) in [5.41, 5.74) is 2.44. The molecule has 120 valence electrons.